The van der Waals surface area contributed by atoms with Crippen LogP contribution in [0, 0.1) is 6.92 Å². The number of ether oxygens (including phenoxy) is 1. The molecule has 0 aliphatic rings. The van der Waals surface area contributed by atoms with Crippen LogP contribution in [-0.4, -0.2) is 35.9 Å². The molecule has 0 fully saturated rings. The Kier molecular flexibility index (Phi) is 8.71. The molecule has 0 aliphatic heterocycles. The summed E-state index contributed by atoms with van der Waals surface area (Å²) in [6, 6.07) is 15.1. The molecule has 2 aromatic rings. The topological polar surface area (TPSA) is 58.6 Å². The van der Waals surface area contributed by atoms with E-state index in [9.17, 15) is 9.59 Å². The number of nitrogens with zero attached hydrogens (tertiary/aromatic N) is 1. The molecular weight excluding hydrogens is 364 g/mol. The summed E-state index contributed by atoms with van der Waals surface area (Å²) in [4.78, 5) is 27.3. The summed E-state index contributed by atoms with van der Waals surface area (Å²) in [5.41, 5.74) is 3.33. The molecule has 0 aliphatic carbocycles. The Hall–Kier alpha value is -2.82. The first-order valence-electron chi connectivity index (χ1n) is 10.3. The summed E-state index contributed by atoms with van der Waals surface area (Å²) in [5.74, 6) is 0.313. The van der Waals surface area contributed by atoms with Gasteiger partial charge >= 0.3 is 0 Å². The first-order chi connectivity index (χ1) is 14.0. The number of rotatable bonds is 10. The molecule has 5 heteroatoms. The lowest BCUT2D eigenvalue weighted by atomic mass is 10.1. The smallest absolute Gasteiger partial charge is 0.261 e. The molecule has 0 bridgehead atoms. The van der Waals surface area contributed by atoms with Crippen molar-refractivity contribution in [3.63, 3.8) is 0 Å². The zero-order chi connectivity index (χ0) is 21.2. The second kappa shape index (κ2) is 11.2. The van der Waals surface area contributed by atoms with Crippen molar-refractivity contribution < 1.29 is 14.3 Å². The lowest BCUT2D eigenvalue weighted by Gasteiger charge is -2.31. The minimum atomic E-state index is -0.534. The largest absolute Gasteiger partial charge is 0.484 e. The minimum Gasteiger partial charge on any atom is -0.484 e. The van der Waals surface area contributed by atoms with Crippen molar-refractivity contribution >= 4 is 11.8 Å². The molecule has 156 valence electrons. The van der Waals surface area contributed by atoms with Crippen molar-refractivity contribution in [1.82, 2.24) is 10.2 Å². The summed E-state index contributed by atoms with van der Waals surface area (Å²) in [5, 5.41) is 2.85. The van der Waals surface area contributed by atoms with Gasteiger partial charge in [0.2, 0.25) is 5.91 Å². The predicted molar refractivity (Wildman–Crippen MR) is 116 cm³/mol. The van der Waals surface area contributed by atoms with E-state index in [1.165, 1.54) is 5.56 Å². The third-order valence-electron chi connectivity index (χ3n) is 5.03. The van der Waals surface area contributed by atoms with Gasteiger partial charge in [-0.15, -0.1) is 0 Å². The minimum absolute atomic E-state index is 0.104. The number of carbonyl (C=O) groups is 2. The van der Waals surface area contributed by atoms with Gasteiger partial charge in [0, 0.05) is 13.1 Å². The number of benzene rings is 2. The van der Waals surface area contributed by atoms with Gasteiger partial charge in [0.05, 0.1) is 0 Å². The monoisotopic (exact) mass is 396 g/mol. The number of hydrogen-bond acceptors (Lipinski definition) is 3. The van der Waals surface area contributed by atoms with Gasteiger partial charge in [0.1, 0.15) is 11.8 Å². The van der Waals surface area contributed by atoms with Crippen molar-refractivity contribution in [2.75, 3.05) is 13.2 Å². The van der Waals surface area contributed by atoms with Crippen LogP contribution in [0.15, 0.2) is 48.5 Å². The van der Waals surface area contributed by atoms with E-state index in [4.69, 9.17) is 4.74 Å². The Bertz CT molecular complexity index is 802. The van der Waals surface area contributed by atoms with Gasteiger partial charge in [-0.3, -0.25) is 9.59 Å². The Morgan fingerprint density at radius 1 is 1.03 bits per heavy atom. The second-order valence-electron chi connectivity index (χ2n) is 7.05. The van der Waals surface area contributed by atoms with Crippen molar-refractivity contribution in [3.05, 3.63) is 65.2 Å². The van der Waals surface area contributed by atoms with Crippen LogP contribution in [0.1, 0.15) is 43.9 Å². The maximum Gasteiger partial charge on any atom is 0.261 e. The van der Waals surface area contributed by atoms with Crippen molar-refractivity contribution in [1.29, 1.82) is 0 Å². The highest BCUT2D eigenvalue weighted by Gasteiger charge is 2.28. The molecule has 1 N–H and O–H groups in total. The van der Waals surface area contributed by atoms with Gasteiger partial charge in [-0.25, -0.2) is 0 Å². The van der Waals surface area contributed by atoms with E-state index in [1.807, 2.05) is 69.3 Å². The van der Waals surface area contributed by atoms with Gasteiger partial charge in [-0.05, 0) is 55.5 Å². The molecule has 0 unspecified atom stereocenters. The highest BCUT2D eigenvalue weighted by Crippen LogP contribution is 2.17. The van der Waals surface area contributed by atoms with E-state index in [0.29, 0.717) is 25.3 Å². The average molecular weight is 397 g/mol. The molecule has 0 radical (unpaired) electrons. The average Bonchev–Trinajstić information content (AvgIpc) is 2.73. The summed E-state index contributed by atoms with van der Waals surface area (Å²) in [7, 11) is 0. The molecule has 0 heterocycles. The molecule has 0 aromatic heterocycles. The fraction of sp³-hybridized carbons (Fsp3) is 0.417. The first-order valence-corrected chi connectivity index (χ1v) is 10.3. The number of carbonyl (C=O) groups excluding carboxylic acids is 2. The quantitative estimate of drug-likeness (QED) is 0.663. The van der Waals surface area contributed by atoms with Gasteiger partial charge < -0.3 is 15.0 Å². The molecule has 2 aromatic carbocycles. The predicted octanol–water partition coefficient (Wildman–Crippen LogP) is 3.88. The Morgan fingerprint density at radius 3 is 2.31 bits per heavy atom. The molecule has 0 spiro atoms. The molecule has 2 rings (SSSR count). The molecule has 0 saturated carbocycles. The molecule has 29 heavy (non-hydrogen) atoms. The van der Waals surface area contributed by atoms with Crippen LogP contribution in [0.3, 0.4) is 0 Å². The number of nitrogens with one attached hydrogen (secondary N) is 1. The maximum absolute atomic E-state index is 13.1. The van der Waals surface area contributed by atoms with E-state index in [-0.39, 0.29) is 18.4 Å². The van der Waals surface area contributed by atoms with Gasteiger partial charge in [0.25, 0.3) is 5.91 Å². The van der Waals surface area contributed by atoms with Gasteiger partial charge in [-0.1, -0.05) is 50.2 Å². The molecule has 5 nitrogen and oxygen atoms in total. The number of likely N-dealkylation sites (N-methyl/N-ethyl adjacent to an activating group) is 1. The van der Waals surface area contributed by atoms with E-state index >= 15 is 0 Å². The van der Waals surface area contributed by atoms with Crippen LogP contribution >= 0.6 is 0 Å². The van der Waals surface area contributed by atoms with Crippen molar-refractivity contribution in [3.8, 4) is 5.75 Å². The van der Waals surface area contributed by atoms with E-state index in [0.717, 1.165) is 17.5 Å². The van der Waals surface area contributed by atoms with E-state index < -0.39 is 6.04 Å². The van der Waals surface area contributed by atoms with Crippen LogP contribution in [0.5, 0.6) is 5.75 Å². The number of hydrogen-bond donors (Lipinski definition) is 1. The first kappa shape index (κ1) is 22.5. The van der Waals surface area contributed by atoms with Crippen LogP contribution in [0.4, 0.5) is 0 Å². The van der Waals surface area contributed by atoms with E-state index in [1.54, 1.807) is 4.90 Å². The Balaban J connectivity index is 2.18. The SMILES string of the molecule is CCNC(=O)[C@@H](CC)N(Cc1ccccc1C)C(=O)COc1ccc(CC)cc1. The Labute approximate surface area is 174 Å². The molecule has 0 saturated heterocycles. The third kappa shape index (κ3) is 6.34. The lowest BCUT2D eigenvalue weighted by Crippen LogP contribution is -2.50. The molecule has 2 amide bonds. The zero-order valence-corrected chi connectivity index (χ0v) is 17.9. The standard InChI is InChI=1S/C24H32N2O3/c1-5-19-12-14-21(15-13-19)29-17-23(27)26(22(6-2)24(28)25-7-3)16-20-11-9-8-10-18(20)4/h8-15,22H,5-7,16-17H2,1-4H3,(H,25,28)/t22-/m1/s1. The number of aryl methyl sites for hydroxylation is 2. The fourth-order valence-corrected chi connectivity index (χ4v) is 3.23. The van der Waals surface area contributed by atoms with Crippen LogP contribution < -0.4 is 10.1 Å². The third-order valence-corrected chi connectivity index (χ3v) is 5.03. The van der Waals surface area contributed by atoms with Crippen LogP contribution in [-0.2, 0) is 22.6 Å². The summed E-state index contributed by atoms with van der Waals surface area (Å²) in [6.45, 7) is 8.70. The maximum atomic E-state index is 13.1. The van der Waals surface area contributed by atoms with Crippen LogP contribution in [0.25, 0.3) is 0 Å². The summed E-state index contributed by atoms with van der Waals surface area (Å²) >= 11 is 0. The van der Waals surface area contributed by atoms with Crippen molar-refractivity contribution in [2.24, 2.45) is 0 Å². The van der Waals surface area contributed by atoms with E-state index in [2.05, 4.69) is 12.2 Å². The zero-order valence-electron chi connectivity index (χ0n) is 17.9. The Morgan fingerprint density at radius 2 is 1.72 bits per heavy atom. The number of amides is 2. The van der Waals surface area contributed by atoms with Crippen molar-refractivity contribution in [2.45, 2.75) is 53.1 Å². The summed E-state index contributed by atoms with van der Waals surface area (Å²) in [6.07, 6.45) is 1.49. The highest BCUT2D eigenvalue weighted by atomic mass is 16.5. The fourth-order valence-electron chi connectivity index (χ4n) is 3.23. The normalized spacial score (nSPS) is 11.6. The highest BCUT2D eigenvalue weighted by molar-refractivity contribution is 5.88. The molecular formula is C24H32N2O3. The summed E-state index contributed by atoms with van der Waals surface area (Å²) < 4.78 is 5.73. The van der Waals surface area contributed by atoms with Crippen LogP contribution in [0.2, 0.25) is 0 Å². The van der Waals surface area contributed by atoms with Gasteiger partial charge in [0.15, 0.2) is 6.61 Å². The second-order valence-corrected chi connectivity index (χ2v) is 7.05. The lowest BCUT2D eigenvalue weighted by molar-refractivity contribution is -0.142. The molecule has 1 atom stereocenters. The van der Waals surface area contributed by atoms with Gasteiger partial charge in [-0.2, -0.15) is 0 Å².